The number of hydrogen-bond acceptors (Lipinski definition) is 7. The summed E-state index contributed by atoms with van der Waals surface area (Å²) in [6.45, 7) is 2.47. The number of rotatable bonds is 11. The zero-order chi connectivity index (χ0) is 33.0. The van der Waals surface area contributed by atoms with Gasteiger partial charge in [-0.25, -0.2) is 9.38 Å². The van der Waals surface area contributed by atoms with Crippen molar-refractivity contribution in [3.8, 4) is 17.0 Å². The van der Waals surface area contributed by atoms with Crippen LogP contribution in [0.2, 0.25) is 0 Å². The fourth-order valence-corrected chi connectivity index (χ4v) is 6.00. The van der Waals surface area contributed by atoms with Gasteiger partial charge in [-0.1, -0.05) is 18.6 Å². The molecule has 2 aromatic carbocycles. The number of fused-ring (bicyclic) bond motifs is 1. The van der Waals surface area contributed by atoms with E-state index in [1.54, 1.807) is 17.2 Å². The van der Waals surface area contributed by atoms with Crippen molar-refractivity contribution in [1.29, 1.82) is 5.41 Å². The number of aryl methyl sites for hydroxylation is 1. The number of ether oxygens (including phenoxy) is 1. The van der Waals surface area contributed by atoms with E-state index in [0.717, 1.165) is 37.3 Å². The summed E-state index contributed by atoms with van der Waals surface area (Å²) in [5.41, 5.74) is 13.8. The van der Waals surface area contributed by atoms with Gasteiger partial charge in [0.1, 0.15) is 5.49 Å². The number of H-pyrrole nitrogens is 1. The molecular weight excluding hydrogens is 604 g/mol. The number of aromatic nitrogens is 1. The monoisotopic (exact) mass is 644 g/mol. The second-order valence-corrected chi connectivity index (χ2v) is 11.9. The molecule has 0 bridgehead atoms. The number of piperidine rings is 1. The van der Waals surface area contributed by atoms with Gasteiger partial charge in [-0.05, 0) is 86.9 Å². The van der Waals surface area contributed by atoms with E-state index in [-0.39, 0.29) is 34.8 Å². The smallest absolute Gasteiger partial charge is 0.403 e. The molecule has 2 aliphatic rings. The number of aliphatic hydroxyl groups is 1. The van der Waals surface area contributed by atoms with Gasteiger partial charge in [-0.3, -0.25) is 5.41 Å². The highest BCUT2D eigenvalue weighted by Gasteiger charge is 2.33. The quantitative estimate of drug-likeness (QED) is 0.0954. The van der Waals surface area contributed by atoms with Crippen molar-refractivity contribution in [2.24, 2.45) is 16.5 Å². The van der Waals surface area contributed by atoms with Gasteiger partial charge in [0.05, 0.1) is 5.69 Å². The van der Waals surface area contributed by atoms with E-state index in [9.17, 15) is 18.3 Å². The van der Waals surface area contributed by atoms with Gasteiger partial charge in [-0.15, -0.1) is 13.2 Å². The molecule has 2 aliphatic heterocycles. The highest BCUT2D eigenvalue weighted by Crippen LogP contribution is 2.34. The molecule has 3 aromatic rings. The minimum Gasteiger partial charge on any atom is -0.403 e. The van der Waals surface area contributed by atoms with Gasteiger partial charge in [0.2, 0.25) is 6.35 Å². The van der Waals surface area contributed by atoms with Crippen molar-refractivity contribution >= 4 is 17.8 Å². The number of nitrogens with two attached hydrogens (primary N) is 2. The first-order valence-corrected chi connectivity index (χ1v) is 15.4. The topological polar surface area (TPSA) is 161 Å². The Morgan fingerprint density at radius 1 is 1.22 bits per heavy atom. The number of alkyl halides is 3. The standard InChI is InChI=1S/C32H40F4N8O2/c1-18(37)4-2-5-19-14-24(28(33)27(15-19)46-32(34,35)36)26-16-21-17-44(31(45)43-29(21)42-26)23-10-8-20(9-11-23)25-7-3-6-22(41-25)12-13-40-30(38)39/h8-11,14-18,22,25,31,41,45H,2-7,12-13,37H2,1H3,(H,42,43)(H4,38,39,40)/t18-,22-,25-,31?/m0/s1. The molecule has 3 heterocycles. The fraction of sp³-hybridized carbons (Fsp3) is 0.438. The molecule has 5 rings (SSSR count). The molecule has 1 unspecified atom stereocenters. The van der Waals surface area contributed by atoms with Gasteiger partial charge in [0, 0.05) is 47.3 Å². The number of guanidine groups is 1. The second-order valence-electron chi connectivity index (χ2n) is 11.9. The first-order chi connectivity index (χ1) is 21.9. The molecule has 46 heavy (non-hydrogen) atoms. The van der Waals surface area contributed by atoms with E-state index in [4.69, 9.17) is 16.9 Å². The molecule has 0 radical (unpaired) electrons. The van der Waals surface area contributed by atoms with Crippen LogP contribution < -0.4 is 42.4 Å². The molecule has 0 amide bonds. The van der Waals surface area contributed by atoms with Crippen LogP contribution >= 0.6 is 0 Å². The second kappa shape index (κ2) is 14.1. The van der Waals surface area contributed by atoms with E-state index in [2.05, 4.69) is 25.3 Å². The molecule has 4 atom stereocenters. The SMILES string of the molecule is C[C@H](N)CCCc1cc(OC(F)(F)F)c(F)c(-c2cc3c([nH]2)=NC(O)N(c2ccc([C@@H]4CCC[C@@H](CCNC(=N)N)N4)cc2)C=3)c1. The molecule has 1 aromatic heterocycles. The third-order valence-corrected chi connectivity index (χ3v) is 8.22. The van der Waals surface area contributed by atoms with Gasteiger partial charge >= 0.3 is 6.36 Å². The van der Waals surface area contributed by atoms with Gasteiger partial charge in [0.25, 0.3) is 0 Å². The maximum Gasteiger partial charge on any atom is 0.573 e. The predicted molar refractivity (Wildman–Crippen MR) is 168 cm³/mol. The lowest BCUT2D eigenvalue weighted by molar-refractivity contribution is -0.275. The van der Waals surface area contributed by atoms with Crippen LogP contribution in [0.25, 0.3) is 17.5 Å². The molecule has 9 N–H and O–H groups in total. The number of nitrogens with zero attached hydrogens (tertiary/aromatic N) is 2. The van der Waals surface area contributed by atoms with Crippen LogP contribution in [0, 0.1) is 11.2 Å². The summed E-state index contributed by atoms with van der Waals surface area (Å²) in [6, 6.07) is 12.3. The molecule has 0 aliphatic carbocycles. The Balaban J connectivity index is 1.37. The number of halogens is 4. The molecule has 0 spiro atoms. The van der Waals surface area contributed by atoms with Crippen molar-refractivity contribution in [3.63, 3.8) is 0 Å². The largest absolute Gasteiger partial charge is 0.573 e. The summed E-state index contributed by atoms with van der Waals surface area (Å²) in [4.78, 5) is 8.83. The lowest BCUT2D eigenvalue weighted by atomic mass is 9.92. The minimum absolute atomic E-state index is 0.0378. The third-order valence-electron chi connectivity index (χ3n) is 8.22. The Morgan fingerprint density at radius 2 is 1.98 bits per heavy atom. The maximum absolute atomic E-state index is 15.4. The Labute approximate surface area is 264 Å². The molecule has 1 fully saturated rings. The maximum atomic E-state index is 15.4. The highest BCUT2D eigenvalue weighted by molar-refractivity contribution is 5.74. The lowest BCUT2D eigenvalue weighted by Crippen LogP contribution is -2.41. The Bertz CT molecular complexity index is 1640. The number of nitrogens with one attached hydrogen (secondary N) is 4. The molecular formula is C32H40F4N8O2. The van der Waals surface area contributed by atoms with Crippen molar-refractivity contribution < 1.29 is 27.4 Å². The summed E-state index contributed by atoms with van der Waals surface area (Å²) >= 11 is 0. The molecule has 14 heteroatoms. The summed E-state index contributed by atoms with van der Waals surface area (Å²) in [6.07, 6.45) is 0.909. The average molecular weight is 645 g/mol. The summed E-state index contributed by atoms with van der Waals surface area (Å²) in [5, 5.41) is 25.2. The summed E-state index contributed by atoms with van der Waals surface area (Å²) in [5.74, 6) is -2.11. The fourth-order valence-electron chi connectivity index (χ4n) is 6.00. The van der Waals surface area contributed by atoms with E-state index in [1.165, 1.54) is 6.07 Å². The Hall–Kier alpha value is -4.14. The van der Waals surface area contributed by atoms with E-state index < -0.39 is 24.3 Å². The van der Waals surface area contributed by atoms with Gasteiger partial charge in [-0.2, -0.15) is 0 Å². The Morgan fingerprint density at radius 3 is 2.67 bits per heavy atom. The average Bonchev–Trinajstić information content (AvgIpc) is 3.40. The van der Waals surface area contributed by atoms with Crippen LogP contribution in [-0.2, 0) is 6.42 Å². The first kappa shape index (κ1) is 33.2. The normalized spacial score (nSPS) is 20.3. The first-order valence-electron chi connectivity index (χ1n) is 15.4. The van der Waals surface area contributed by atoms with Crippen LogP contribution in [-0.4, -0.2) is 47.4 Å². The molecule has 0 saturated carbocycles. The molecule has 10 nitrogen and oxygen atoms in total. The van der Waals surface area contributed by atoms with E-state index >= 15 is 4.39 Å². The molecule has 248 valence electrons. The lowest BCUT2D eigenvalue weighted by Gasteiger charge is -2.32. The van der Waals surface area contributed by atoms with Crippen LogP contribution in [0.5, 0.6) is 5.75 Å². The molecule has 1 saturated heterocycles. The summed E-state index contributed by atoms with van der Waals surface area (Å²) < 4.78 is 58.8. The van der Waals surface area contributed by atoms with Crippen molar-refractivity contribution in [3.05, 3.63) is 70.1 Å². The number of hydrogen-bond donors (Lipinski definition) is 7. The van der Waals surface area contributed by atoms with Crippen LogP contribution in [0.15, 0.2) is 47.5 Å². The predicted octanol–water partition coefficient (Wildman–Crippen LogP) is 3.60. The summed E-state index contributed by atoms with van der Waals surface area (Å²) in [7, 11) is 0. The van der Waals surface area contributed by atoms with E-state index in [0.29, 0.717) is 48.3 Å². The van der Waals surface area contributed by atoms with Crippen LogP contribution in [0.3, 0.4) is 0 Å². The van der Waals surface area contributed by atoms with Crippen molar-refractivity contribution in [2.75, 3.05) is 11.4 Å². The van der Waals surface area contributed by atoms with Gasteiger partial charge in [0.15, 0.2) is 17.5 Å². The minimum atomic E-state index is -5.07. The Kier molecular flexibility index (Phi) is 10.2. The third kappa shape index (κ3) is 8.36. The number of aromatic amines is 1. The van der Waals surface area contributed by atoms with Gasteiger partial charge < -0.3 is 41.8 Å². The van der Waals surface area contributed by atoms with Crippen LogP contribution in [0.1, 0.15) is 62.6 Å². The van der Waals surface area contributed by atoms with Crippen molar-refractivity contribution in [2.45, 2.75) is 82.7 Å². The van der Waals surface area contributed by atoms with E-state index in [1.807, 2.05) is 31.2 Å². The van der Waals surface area contributed by atoms with Crippen molar-refractivity contribution in [1.82, 2.24) is 15.6 Å². The number of aliphatic hydroxyl groups excluding tert-OH is 1. The zero-order valence-corrected chi connectivity index (χ0v) is 25.5. The number of anilines is 1. The zero-order valence-electron chi connectivity index (χ0n) is 25.5. The number of benzene rings is 2. The van der Waals surface area contributed by atoms with Crippen LogP contribution in [0.4, 0.5) is 23.2 Å². The highest BCUT2D eigenvalue weighted by atomic mass is 19.4.